The summed E-state index contributed by atoms with van der Waals surface area (Å²) in [6, 6.07) is 16.5. The highest BCUT2D eigenvalue weighted by atomic mass is 16.5. The highest BCUT2D eigenvalue weighted by molar-refractivity contribution is 5.93. The number of fused-ring (bicyclic) bond motifs is 1. The smallest absolute Gasteiger partial charge is 0.337 e. The molecule has 0 radical (unpaired) electrons. The van der Waals surface area contributed by atoms with Crippen molar-refractivity contribution in [1.29, 1.82) is 0 Å². The van der Waals surface area contributed by atoms with Crippen LogP contribution in [0.1, 0.15) is 53.6 Å². The summed E-state index contributed by atoms with van der Waals surface area (Å²) in [5, 5.41) is 12.7. The minimum atomic E-state index is -0.962. The summed E-state index contributed by atoms with van der Waals surface area (Å²) in [4.78, 5) is 17.7. The fourth-order valence-electron chi connectivity index (χ4n) is 4.06. The maximum Gasteiger partial charge on any atom is 0.337 e. The largest absolute Gasteiger partial charge is 0.493 e. The lowest BCUT2D eigenvalue weighted by Crippen LogP contribution is -2.22. The Labute approximate surface area is 188 Å². The van der Waals surface area contributed by atoms with Gasteiger partial charge in [-0.1, -0.05) is 32.0 Å². The third-order valence-electron chi connectivity index (χ3n) is 6.09. The molecule has 32 heavy (non-hydrogen) atoms. The number of aromatic nitrogens is 1. The van der Waals surface area contributed by atoms with Crippen LogP contribution in [-0.4, -0.2) is 36.3 Å². The number of rotatable bonds is 7. The van der Waals surface area contributed by atoms with Gasteiger partial charge in [-0.15, -0.1) is 0 Å². The minimum Gasteiger partial charge on any atom is -0.493 e. The average molecular weight is 432 g/mol. The molecule has 0 amide bonds. The Morgan fingerprint density at radius 2 is 1.94 bits per heavy atom. The van der Waals surface area contributed by atoms with Gasteiger partial charge in [0.2, 0.25) is 0 Å². The van der Waals surface area contributed by atoms with Gasteiger partial charge in [-0.3, -0.25) is 4.98 Å². The van der Waals surface area contributed by atoms with Crippen molar-refractivity contribution in [2.45, 2.75) is 32.1 Å². The lowest BCUT2D eigenvalue weighted by atomic mass is 9.92. The van der Waals surface area contributed by atoms with Crippen LogP contribution in [0.5, 0.6) is 5.75 Å². The summed E-state index contributed by atoms with van der Waals surface area (Å²) in [5.41, 5.74) is 5.42. The molecule has 2 aromatic carbocycles. The average Bonchev–Trinajstić information content (AvgIpc) is 2.82. The van der Waals surface area contributed by atoms with Gasteiger partial charge < -0.3 is 20.1 Å². The van der Waals surface area contributed by atoms with Crippen LogP contribution in [-0.2, 0) is 0 Å². The Morgan fingerprint density at radius 1 is 1.19 bits per heavy atom. The fourth-order valence-corrected chi connectivity index (χ4v) is 4.06. The predicted octanol–water partition coefficient (Wildman–Crippen LogP) is 5.65. The van der Waals surface area contributed by atoms with Gasteiger partial charge >= 0.3 is 5.97 Å². The number of aromatic carboxylic acids is 1. The number of pyridine rings is 1. The highest BCUT2D eigenvalue weighted by Crippen LogP contribution is 2.38. The molecule has 0 saturated carbocycles. The van der Waals surface area contributed by atoms with E-state index in [9.17, 15) is 9.90 Å². The topological polar surface area (TPSA) is 74.7 Å². The van der Waals surface area contributed by atoms with Gasteiger partial charge in [0.15, 0.2) is 0 Å². The molecular formula is C26H29N3O3. The van der Waals surface area contributed by atoms with E-state index < -0.39 is 5.97 Å². The maximum atomic E-state index is 11.4. The summed E-state index contributed by atoms with van der Waals surface area (Å²) in [7, 11) is 2.06. The number of ether oxygens (including phenoxy) is 1. The summed E-state index contributed by atoms with van der Waals surface area (Å²) >= 11 is 0. The molecule has 3 aromatic rings. The van der Waals surface area contributed by atoms with E-state index in [2.05, 4.69) is 78.6 Å². The number of carboxylic acids is 1. The molecule has 0 bridgehead atoms. The summed E-state index contributed by atoms with van der Waals surface area (Å²) < 4.78 is 5.98. The van der Waals surface area contributed by atoms with Crippen molar-refractivity contribution in [3.63, 3.8) is 0 Å². The molecule has 0 spiro atoms. The first-order chi connectivity index (χ1) is 15.4. The normalized spacial score (nSPS) is 15.1. The molecule has 4 rings (SSSR count). The summed E-state index contributed by atoms with van der Waals surface area (Å²) in [6.45, 7) is 5.64. The van der Waals surface area contributed by atoms with Gasteiger partial charge in [0, 0.05) is 43.1 Å². The van der Waals surface area contributed by atoms with Gasteiger partial charge in [-0.25, -0.2) is 4.79 Å². The lowest BCUT2D eigenvalue weighted by Gasteiger charge is -2.28. The van der Waals surface area contributed by atoms with E-state index in [1.54, 1.807) is 6.20 Å². The molecule has 0 unspecified atom stereocenters. The van der Waals surface area contributed by atoms with Crippen LogP contribution in [0, 0.1) is 0 Å². The van der Waals surface area contributed by atoms with Crippen LogP contribution in [0.4, 0.5) is 17.1 Å². The number of benzene rings is 2. The van der Waals surface area contributed by atoms with Gasteiger partial charge in [0.25, 0.3) is 0 Å². The van der Waals surface area contributed by atoms with E-state index in [0.717, 1.165) is 29.1 Å². The van der Waals surface area contributed by atoms with Crippen molar-refractivity contribution < 1.29 is 14.6 Å². The number of nitrogens with zero attached hydrogens (tertiary/aromatic N) is 2. The number of hydrogen-bond donors (Lipinski definition) is 2. The third-order valence-corrected chi connectivity index (χ3v) is 6.09. The van der Waals surface area contributed by atoms with E-state index in [-0.39, 0.29) is 11.5 Å². The van der Waals surface area contributed by atoms with Crippen LogP contribution >= 0.6 is 0 Å². The molecule has 0 saturated heterocycles. The fraction of sp³-hybridized carbons (Fsp3) is 0.308. The van der Waals surface area contributed by atoms with Crippen molar-refractivity contribution >= 4 is 23.0 Å². The number of hydrogen-bond acceptors (Lipinski definition) is 5. The lowest BCUT2D eigenvalue weighted by molar-refractivity contribution is 0.0697. The molecule has 2 N–H and O–H groups in total. The van der Waals surface area contributed by atoms with Crippen LogP contribution in [0.3, 0.4) is 0 Å². The second-order valence-electron chi connectivity index (χ2n) is 8.47. The molecule has 0 aliphatic carbocycles. The first-order valence-corrected chi connectivity index (χ1v) is 11.0. The van der Waals surface area contributed by atoms with Gasteiger partial charge in [-0.05, 0) is 47.7 Å². The van der Waals surface area contributed by atoms with Gasteiger partial charge in [-0.2, -0.15) is 0 Å². The first-order valence-electron chi connectivity index (χ1n) is 11.0. The Bertz CT molecular complexity index is 1100. The van der Waals surface area contributed by atoms with Crippen molar-refractivity contribution in [3.05, 3.63) is 77.6 Å². The monoisotopic (exact) mass is 431 g/mol. The zero-order valence-electron chi connectivity index (χ0n) is 18.7. The van der Waals surface area contributed by atoms with Crippen molar-refractivity contribution in [1.82, 2.24) is 4.98 Å². The molecular weight excluding hydrogens is 402 g/mol. The molecule has 6 heteroatoms. The van der Waals surface area contributed by atoms with E-state index in [1.807, 2.05) is 0 Å². The van der Waals surface area contributed by atoms with E-state index in [0.29, 0.717) is 24.8 Å². The highest BCUT2D eigenvalue weighted by Gasteiger charge is 2.23. The van der Waals surface area contributed by atoms with E-state index in [4.69, 9.17) is 4.74 Å². The maximum absolute atomic E-state index is 11.4. The summed E-state index contributed by atoms with van der Waals surface area (Å²) in [6.07, 6.45) is 3.92. The zero-order valence-corrected chi connectivity index (χ0v) is 18.7. The van der Waals surface area contributed by atoms with Crippen LogP contribution in [0.2, 0.25) is 0 Å². The van der Waals surface area contributed by atoms with E-state index >= 15 is 0 Å². The van der Waals surface area contributed by atoms with E-state index in [1.165, 1.54) is 17.8 Å². The number of carbonyl (C=O) groups is 1. The number of carboxylic acid groups (broad SMARTS) is 1. The Balaban J connectivity index is 1.51. The van der Waals surface area contributed by atoms with Gasteiger partial charge in [0.05, 0.1) is 24.1 Å². The van der Waals surface area contributed by atoms with Gasteiger partial charge in [0.1, 0.15) is 5.75 Å². The Hall–Kier alpha value is -3.54. The Kier molecular flexibility index (Phi) is 6.30. The van der Waals surface area contributed by atoms with Crippen molar-refractivity contribution in [2.75, 3.05) is 30.4 Å². The zero-order chi connectivity index (χ0) is 22.7. The molecule has 1 aliphatic heterocycles. The molecule has 0 fully saturated rings. The molecule has 166 valence electrons. The first kappa shape index (κ1) is 21.7. The SMILES string of the molecule is CC(C)c1ccc(N(C)c2ccc3c(c2)OCC[C@@H]3CNc2cnccc2C(=O)O)cc1. The molecule has 1 aliphatic rings. The summed E-state index contributed by atoms with van der Waals surface area (Å²) in [5.74, 6) is 0.660. The molecule has 2 heterocycles. The third kappa shape index (κ3) is 4.54. The van der Waals surface area contributed by atoms with Crippen molar-refractivity contribution in [3.8, 4) is 5.75 Å². The van der Waals surface area contributed by atoms with Crippen molar-refractivity contribution in [2.24, 2.45) is 0 Å². The number of anilines is 3. The predicted molar refractivity (Wildman–Crippen MR) is 128 cm³/mol. The quantitative estimate of drug-likeness (QED) is 0.504. The van der Waals surface area contributed by atoms with Crippen LogP contribution in [0.25, 0.3) is 0 Å². The Morgan fingerprint density at radius 3 is 2.66 bits per heavy atom. The minimum absolute atomic E-state index is 0.227. The molecule has 6 nitrogen and oxygen atoms in total. The molecule has 1 aromatic heterocycles. The second-order valence-corrected chi connectivity index (χ2v) is 8.47. The van der Waals surface area contributed by atoms with Crippen LogP contribution in [0.15, 0.2) is 60.9 Å². The molecule has 1 atom stereocenters. The number of nitrogens with one attached hydrogen (secondary N) is 1. The standard InChI is InChI=1S/C26H29N3O3/c1-17(2)18-4-6-20(7-5-18)29(3)21-8-9-22-19(11-13-32-25(22)14-21)15-28-24-16-27-12-10-23(24)26(30)31/h4-10,12,14,16-17,19,28H,11,13,15H2,1-3H3,(H,30,31)/t19-/m1/s1. The van der Waals surface area contributed by atoms with Crippen LogP contribution < -0.4 is 15.0 Å². The second kappa shape index (κ2) is 9.30.